The molecule has 0 heterocycles. The summed E-state index contributed by atoms with van der Waals surface area (Å²) in [4.78, 5) is 11.8. The minimum Gasteiger partial charge on any atom is -0.376 e. The van der Waals surface area contributed by atoms with Gasteiger partial charge in [-0.2, -0.15) is 0 Å². The normalized spacial score (nSPS) is 16.4. The van der Waals surface area contributed by atoms with Crippen molar-refractivity contribution >= 4 is 18.3 Å². The summed E-state index contributed by atoms with van der Waals surface area (Å²) in [6.45, 7) is 1.09. The minimum absolute atomic E-state index is 0. The van der Waals surface area contributed by atoms with Crippen LogP contribution in [-0.2, 0) is 9.53 Å². The van der Waals surface area contributed by atoms with E-state index >= 15 is 0 Å². The SMILES string of the molecule is Cl.NC(C(=O)NCCOC1CCCC1)c1ccccc1. The third kappa shape index (κ3) is 5.12. The van der Waals surface area contributed by atoms with E-state index in [1.54, 1.807) is 0 Å². The molecule has 0 aliphatic heterocycles. The molecule has 1 saturated carbocycles. The van der Waals surface area contributed by atoms with Gasteiger partial charge in [-0.15, -0.1) is 12.4 Å². The van der Waals surface area contributed by atoms with Gasteiger partial charge in [-0.25, -0.2) is 0 Å². The number of rotatable bonds is 6. The van der Waals surface area contributed by atoms with Crippen LogP contribution >= 0.6 is 12.4 Å². The van der Waals surface area contributed by atoms with Gasteiger partial charge in [0.25, 0.3) is 0 Å². The third-order valence-corrected chi connectivity index (χ3v) is 3.50. The first-order valence-corrected chi connectivity index (χ1v) is 6.97. The van der Waals surface area contributed by atoms with E-state index in [2.05, 4.69) is 5.32 Å². The molecule has 1 unspecified atom stereocenters. The Morgan fingerprint density at radius 2 is 1.95 bits per heavy atom. The van der Waals surface area contributed by atoms with Crippen LogP contribution in [-0.4, -0.2) is 25.2 Å². The summed E-state index contributed by atoms with van der Waals surface area (Å²) in [5.41, 5.74) is 6.72. The fourth-order valence-corrected chi connectivity index (χ4v) is 2.38. The molecular formula is C15H23ClN2O2. The third-order valence-electron chi connectivity index (χ3n) is 3.50. The largest absolute Gasteiger partial charge is 0.376 e. The van der Waals surface area contributed by atoms with Gasteiger partial charge in [-0.3, -0.25) is 4.79 Å². The molecule has 3 N–H and O–H groups in total. The van der Waals surface area contributed by atoms with Crippen molar-refractivity contribution in [3.8, 4) is 0 Å². The summed E-state index contributed by atoms with van der Waals surface area (Å²) in [6.07, 6.45) is 5.21. The average molecular weight is 299 g/mol. The van der Waals surface area contributed by atoms with Crippen molar-refractivity contribution in [2.45, 2.75) is 37.8 Å². The summed E-state index contributed by atoms with van der Waals surface area (Å²) in [7, 11) is 0. The van der Waals surface area contributed by atoms with E-state index in [1.165, 1.54) is 12.8 Å². The van der Waals surface area contributed by atoms with Gasteiger partial charge >= 0.3 is 0 Å². The Labute approximate surface area is 126 Å². The summed E-state index contributed by atoms with van der Waals surface area (Å²) < 4.78 is 5.68. The van der Waals surface area contributed by atoms with Crippen molar-refractivity contribution in [1.29, 1.82) is 0 Å². The van der Waals surface area contributed by atoms with Crippen LogP contribution < -0.4 is 11.1 Å². The molecule has 0 bridgehead atoms. The van der Waals surface area contributed by atoms with E-state index in [0.29, 0.717) is 19.3 Å². The van der Waals surface area contributed by atoms with Crippen LogP contribution in [0.15, 0.2) is 30.3 Å². The van der Waals surface area contributed by atoms with Gasteiger partial charge < -0.3 is 15.8 Å². The van der Waals surface area contributed by atoms with Gasteiger partial charge in [0.1, 0.15) is 6.04 Å². The Bertz CT molecular complexity index is 394. The smallest absolute Gasteiger partial charge is 0.241 e. The van der Waals surface area contributed by atoms with E-state index in [9.17, 15) is 4.79 Å². The standard InChI is InChI=1S/C15H22N2O2.ClH/c16-14(12-6-2-1-3-7-12)15(18)17-10-11-19-13-8-4-5-9-13;/h1-3,6-7,13-14H,4-5,8-11,16H2,(H,17,18);1H. The molecule has 1 atom stereocenters. The first kappa shape index (κ1) is 17.0. The van der Waals surface area contributed by atoms with Crippen molar-refractivity contribution in [2.24, 2.45) is 5.73 Å². The van der Waals surface area contributed by atoms with Gasteiger partial charge in [0.15, 0.2) is 0 Å². The second kappa shape index (κ2) is 8.95. The number of halogens is 1. The molecule has 20 heavy (non-hydrogen) atoms. The zero-order valence-corrected chi connectivity index (χ0v) is 12.4. The monoisotopic (exact) mass is 298 g/mol. The van der Waals surface area contributed by atoms with Crippen LogP contribution in [0.4, 0.5) is 0 Å². The number of nitrogens with two attached hydrogens (primary N) is 1. The molecule has 5 heteroatoms. The van der Waals surface area contributed by atoms with E-state index in [4.69, 9.17) is 10.5 Å². The Hall–Kier alpha value is -1.10. The van der Waals surface area contributed by atoms with Crippen LogP contribution in [0.2, 0.25) is 0 Å². The number of hydrogen-bond acceptors (Lipinski definition) is 3. The number of ether oxygens (including phenoxy) is 1. The highest BCUT2D eigenvalue weighted by molar-refractivity contribution is 5.85. The molecule has 0 radical (unpaired) electrons. The molecule has 2 rings (SSSR count). The molecule has 0 aromatic heterocycles. The van der Waals surface area contributed by atoms with Crippen molar-refractivity contribution in [2.75, 3.05) is 13.2 Å². The van der Waals surface area contributed by atoms with Gasteiger partial charge in [0.05, 0.1) is 12.7 Å². The fourth-order valence-electron chi connectivity index (χ4n) is 2.38. The summed E-state index contributed by atoms with van der Waals surface area (Å²) in [6, 6.07) is 8.78. The molecule has 1 aliphatic rings. The number of nitrogens with one attached hydrogen (secondary N) is 1. The average Bonchev–Trinajstić information content (AvgIpc) is 2.96. The Kier molecular flexibility index (Phi) is 7.59. The molecular weight excluding hydrogens is 276 g/mol. The predicted octanol–water partition coefficient (Wildman–Crippen LogP) is 2.18. The lowest BCUT2D eigenvalue weighted by Crippen LogP contribution is -2.36. The topological polar surface area (TPSA) is 64.4 Å². The molecule has 4 nitrogen and oxygen atoms in total. The maximum Gasteiger partial charge on any atom is 0.241 e. The number of carbonyl (C=O) groups is 1. The van der Waals surface area contributed by atoms with Crippen LogP contribution in [0, 0.1) is 0 Å². The number of carbonyl (C=O) groups excluding carboxylic acids is 1. The molecule has 1 aromatic rings. The minimum atomic E-state index is -0.604. The molecule has 1 fully saturated rings. The maximum absolute atomic E-state index is 11.8. The quantitative estimate of drug-likeness (QED) is 0.791. The Morgan fingerprint density at radius 1 is 1.30 bits per heavy atom. The highest BCUT2D eigenvalue weighted by atomic mass is 35.5. The van der Waals surface area contributed by atoms with E-state index in [0.717, 1.165) is 18.4 Å². The van der Waals surface area contributed by atoms with E-state index in [1.807, 2.05) is 30.3 Å². The van der Waals surface area contributed by atoms with Crippen molar-refractivity contribution in [1.82, 2.24) is 5.32 Å². The van der Waals surface area contributed by atoms with Gasteiger partial charge in [-0.1, -0.05) is 43.2 Å². The summed E-state index contributed by atoms with van der Waals surface area (Å²) in [5, 5.41) is 2.82. The van der Waals surface area contributed by atoms with Crippen LogP contribution in [0.25, 0.3) is 0 Å². The molecule has 1 aromatic carbocycles. The highest BCUT2D eigenvalue weighted by Crippen LogP contribution is 2.20. The second-order valence-corrected chi connectivity index (χ2v) is 4.96. The lowest BCUT2D eigenvalue weighted by atomic mass is 10.1. The number of amides is 1. The molecule has 112 valence electrons. The van der Waals surface area contributed by atoms with Crippen LogP contribution in [0.5, 0.6) is 0 Å². The fraction of sp³-hybridized carbons (Fsp3) is 0.533. The molecule has 0 spiro atoms. The van der Waals surface area contributed by atoms with E-state index in [-0.39, 0.29) is 18.3 Å². The lowest BCUT2D eigenvalue weighted by Gasteiger charge is -2.14. The zero-order valence-electron chi connectivity index (χ0n) is 11.6. The van der Waals surface area contributed by atoms with Crippen molar-refractivity contribution in [3.05, 3.63) is 35.9 Å². The van der Waals surface area contributed by atoms with Gasteiger partial charge in [0.2, 0.25) is 5.91 Å². The lowest BCUT2D eigenvalue weighted by molar-refractivity contribution is -0.122. The Balaban J connectivity index is 0.00000200. The number of benzene rings is 1. The summed E-state index contributed by atoms with van der Waals surface area (Å²) >= 11 is 0. The van der Waals surface area contributed by atoms with Crippen LogP contribution in [0.3, 0.4) is 0 Å². The van der Waals surface area contributed by atoms with Crippen molar-refractivity contribution < 1.29 is 9.53 Å². The molecule has 1 aliphatic carbocycles. The zero-order chi connectivity index (χ0) is 13.5. The summed E-state index contributed by atoms with van der Waals surface area (Å²) in [5.74, 6) is -0.152. The predicted molar refractivity (Wildman–Crippen MR) is 81.8 cm³/mol. The molecule has 1 amide bonds. The first-order valence-electron chi connectivity index (χ1n) is 6.97. The van der Waals surface area contributed by atoms with Gasteiger partial charge in [-0.05, 0) is 18.4 Å². The molecule has 0 saturated heterocycles. The van der Waals surface area contributed by atoms with Crippen molar-refractivity contribution in [3.63, 3.8) is 0 Å². The Morgan fingerprint density at radius 3 is 2.60 bits per heavy atom. The highest BCUT2D eigenvalue weighted by Gasteiger charge is 2.16. The first-order chi connectivity index (χ1) is 9.27. The van der Waals surface area contributed by atoms with Gasteiger partial charge in [0, 0.05) is 6.54 Å². The van der Waals surface area contributed by atoms with E-state index < -0.39 is 6.04 Å². The van der Waals surface area contributed by atoms with Crippen LogP contribution in [0.1, 0.15) is 37.3 Å². The maximum atomic E-state index is 11.8. The number of hydrogen-bond donors (Lipinski definition) is 2. The second-order valence-electron chi connectivity index (χ2n) is 4.96.